The van der Waals surface area contributed by atoms with E-state index in [-0.39, 0.29) is 24.0 Å². The van der Waals surface area contributed by atoms with E-state index in [1.54, 1.807) is 23.0 Å². The molecule has 1 fully saturated rings. The standard InChI is InChI=1S/C24H27FN4O.ClH/c1-18-5-3-4-6-23(18)28-15-13-27(14-16-28)12-11-24(30)22-17-26-29(19(22)2)21-9-7-20(25)8-10-21;/h3-10,17H,11-16H2,1-2H3;1H. The second-order valence-electron chi connectivity index (χ2n) is 7.82. The summed E-state index contributed by atoms with van der Waals surface area (Å²) in [4.78, 5) is 17.6. The average molecular weight is 443 g/mol. The highest BCUT2D eigenvalue weighted by molar-refractivity contribution is 5.97. The molecule has 0 N–H and O–H groups in total. The van der Waals surface area contributed by atoms with E-state index < -0.39 is 0 Å². The first kappa shape index (κ1) is 23.0. The van der Waals surface area contributed by atoms with Gasteiger partial charge in [0.25, 0.3) is 0 Å². The number of hydrogen-bond acceptors (Lipinski definition) is 4. The molecular weight excluding hydrogens is 415 g/mol. The number of nitrogens with zero attached hydrogens (tertiary/aromatic N) is 4. The van der Waals surface area contributed by atoms with Crippen LogP contribution in [0, 0.1) is 19.7 Å². The van der Waals surface area contributed by atoms with Crippen molar-refractivity contribution in [2.24, 2.45) is 0 Å². The number of hydrogen-bond donors (Lipinski definition) is 0. The summed E-state index contributed by atoms with van der Waals surface area (Å²) >= 11 is 0. The van der Waals surface area contributed by atoms with E-state index in [4.69, 9.17) is 0 Å². The van der Waals surface area contributed by atoms with E-state index in [0.717, 1.165) is 44.1 Å². The number of ketones is 1. The van der Waals surface area contributed by atoms with E-state index in [2.05, 4.69) is 46.1 Å². The van der Waals surface area contributed by atoms with Gasteiger partial charge >= 0.3 is 0 Å². The summed E-state index contributed by atoms with van der Waals surface area (Å²) in [6.45, 7) is 8.63. The van der Waals surface area contributed by atoms with Gasteiger partial charge in [-0.1, -0.05) is 18.2 Å². The van der Waals surface area contributed by atoms with Crippen molar-refractivity contribution in [3.8, 4) is 5.69 Å². The minimum Gasteiger partial charge on any atom is -0.369 e. The normalized spacial score (nSPS) is 14.4. The first-order valence-corrected chi connectivity index (χ1v) is 10.4. The quantitative estimate of drug-likeness (QED) is 0.529. The van der Waals surface area contributed by atoms with Gasteiger partial charge in [0.1, 0.15) is 5.82 Å². The van der Waals surface area contributed by atoms with Crippen molar-refractivity contribution in [1.82, 2.24) is 14.7 Å². The highest BCUT2D eigenvalue weighted by Crippen LogP contribution is 2.21. The molecule has 2 aromatic carbocycles. The first-order chi connectivity index (χ1) is 14.5. The Balaban J connectivity index is 0.00000272. The maximum atomic E-state index is 13.2. The third kappa shape index (κ3) is 5.14. The van der Waals surface area contributed by atoms with Gasteiger partial charge in [-0.3, -0.25) is 9.69 Å². The maximum absolute atomic E-state index is 13.2. The molecule has 0 atom stereocenters. The monoisotopic (exact) mass is 442 g/mol. The number of piperazine rings is 1. The zero-order valence-electron chi connectivity index (χ0n) is 17.9. The molecular formula is C24H28ClFN4O. The van der Waals surface area contributed by atoms with Crippen LogP contribution in [0.25, 0.3) is 5.69 Å². The van der Waals surface area contributed by atoms with Gasteiger partial charge < -0.3 is 4.90 Å². The number of rotatable bonds is 6. The zero-order chi connectivity index (χ0) is 21.1. The second-order valence-corrected chi connectivity index (χ2v) is 7.82. The van der Waals surface area contributed by atoms with Gasteiger partial charge in [0.2, 0.25) is 0 Å². The largest absolute Gasteiger partial charge is 0.369 e. The van der Waals surface area contributed by atoms with Crippen molar-refractivity contribution in [3.05, 3.63) is 77.4 Å². The van der Waals surface area contributed by atoms with Gasteiger partial charge in [-0.2, -0.15) is 5.10 Å². The molecule has 0 bridgehead atoms. The lowest BCUT2D eigenvalue weighted by Gasteiger charge is -2.36. The van der Waals surface area contributed by atoms with Crippen LogP contribution in [-0.4, -0.2) is 53.2 Å². The van der Waals surface area contributed by atoms with Crippen molar-refractivity contribution in [1.29, 1.82) is 0 Å². The molecule has 1 aromatic heterocycles. The molecule has 0 saturated carbocycles. The molecule has 0 radical (unpaired) electrons. The van der Waals surface area contributed by atoms with Crippen LogP contribution in [0.4, 0.5) is 10.1 Å². The van der Waals surface area contributed by atoms with E-state index in [1.165, 1.54) is 23.4 Å². The third-order valence-corrected chi connectivity index (χ3v) is 5.86. The Kier molecular flexibility index (Phi) is 7.46. The Morgan fingerprint density at radius 2 is 1.68 bits per heavy atom. The predicted octanol–water partition coefficient (Wildman–Crippen LogP) is 4.45. The minimum atomic E-state index is -0.289. The van der Waals surface area contributed by atoms with Crippen molar-refractivity contribution in [2.45, 2.75) is 20.3 Å². The molecule has 2 heterocycles. The summed E-state index contributed by atoms with van der Waals surface area (Å²) in [6.07, 6.45) is 2.09. The number of aromatic nitrogens is 2. The molecule has 31 heavy (non-hydrogen) atoms. The number of anilines is 1. The fourth-order valence-electron chi connectivity index (χ4n) is 4.05. The minimum absolute atomic E-state index is 0. The van der Waals surface area contributed by atoms with Crippen molar-refractivity contribution in [3.63, 3.8) is 0 Å². The van der Waals surface area contributed by atoms with Gasteiger partial charge in [0.15, 0.2) is 5.78 Å². The highest BCUT2D eigenvalue weighted by Gasteiger charge is 2.20. The number of Topliss-reactive ketones (excluding diaryl/α,β-unsaturated/α-hetero) is 1. The Bertz CT molecular complexity index is 1030. The molecule has 1 saturated heterocycles. The SMILES string of the molecule is Cc1ccccc1N1CCN(CCC(=O)c2cnn(-c3ccc(F)cc3)c2C)CC1.Cl. The van der Waals surface area contributed by atoms with Gasteiger partial charge in [0.05, 0.1) is 23.1 Å². The lowest BCUT2D eigenvalue weighted by molar-refractivity contribution is 0.0962. The van der Waals surface area contributed by atoms with Gasteiger partial charge in [-0.15, -0.1) is 12.4 Å². The average Bonchev–Trinajstić information content (AvgIpc) is 3.15. The Labute approximate surface area is 188 Å². The van der Waals surface area contributed by atoms with E-state index >= 15 is 0 Å². The number of carbonyl (C=O) groups excluding carboxylic acids is 1. The van der Waals surface area contributed by atoms with Crippen LogP contribution < -0.4 is 4.90 Å². The number of carbonyl (C=O) groups is 1. The van der Waals surface area contributed by atoms with E-state index in [9.17, 15) is 9.18 Å². The lowest BCUT2D eigenvalue weighted by Crippen LogP contribution is -2.47. The number of benzene rings is 2. The van der Waals surface area contributed by atoms with Crippen LogP contribution in [-0.2, 0) is 0 Å². The van der Waals surface area contributed by atoms with E-state index in [0.29, 0.717) is 12.0 Å². The Morgan fingerprint density at radius 3 is 2.35 bits per heavy atom. The fourth-order valence-corrected chi connectivity index (χ4v) is 4.05. The second kappa shape index (κ2) is 10.1. The molecule has 1 aliphatic rings. The molecule has 4 rings (SSSR count). The zero-order valence-corrected chi connectivity index (χ0v) is 18.7. The molecule has 3 aromatic rings. The summed E-state index contributed by atoms with van der Waals surface area (Å²) in [5.41, 5.74) is 4.78. The molecule has 0 aliphatic carbocycles. The molecule has 164 valence electrons. The molecule has 7 heteroatoms. The van der Waals surface area contributed by atoms with Gasteiger partial charge in [-0.05, 0) is 49.7 Å². The van der Waals surface area contributed by atoms with Crippen LogP contribution in [0.1, 0.15) is 28.0 Å². The molecule has 0 unspecified atom stereocenters. The summed E-state index contributed by atoms with van der Waals surface area (Å²) in [7, 11) is 0. The Hall–Kier alpha value is -2.70. The van der Waals surface area contributed by atoms with Crippen LogP contribution in [0.2, 0.25) is 0 Å². The lowest BCUT2D eigenvalue weighted by atomic mass is 10.1. The van der Waals surface area contributed by atoms with Gasteiger partial charge in [0, 0.05) is 44.8 Å². The van der Waals surface area contributed by atoms with E-state index in [1.807, 2.05) is 6.92 Å². The van der Waals surface area contributed by atoms with Crippen molar-refractivity contribution >= 4 is 23.9 Å². The fraction of sp³-hybridized carbons (Fsp3) is 0.333. The van der Waals surface area contributed by atoms with Crippen LogP contribution in [0.5, 0.6) is 0 Å². The highest BCUT2D eigenvalue weighted by atomic mass is 35.5. The molecule has 5 nitrogen and oxygen atoms in total. The maximum Gasteiger partial charge on any atom is 0.167 e. The first-order valence-electron chi connectivity index (χ1n) is 10.4. The summed E-state index contributed by atoms with van der Waals surface area (Å²) in [5, 5.41) is 4.34. The number of halogens is 2. The summed E-state index contributed by atoms with van der Waals surface area (Å²) in [6, 6.07) is 14.6. The topological polar surface area (TPSA) is 41.4 Å². The smallest absolute Gasteiger partial charge is 0.167 e. The van der Waals surface area contributed by atoms with Crippen molar-refractivity contribution < 1.29 is 9.18 Å². The van der Waals surface area contributed by atoms with Gasteiger partial charge in [-0.25, -0.2) is 9.07 Å². The predicted molar refractivity (Wildman–Crippen MR) is 124 cm³/mol. The van der Waals surface area contributed by atoms with Crippen molar-refractivity contribution in [2.75, 3.05) is 37.6 Å². The number of para-hydroxylation sites is 1. The summed E-state index contributed by atoms with van der Waals surface area (Å²) < 4.78 is 14.9. The Morgan fingerprint density at radius 1 is 1.00 bits per heavy atom. The van der Waals surface area contributed by atoms with Crippen LogP contribution >= 0.6 is 12.4 Å². The molecule has 0 amide bonds. The van der Waals surface area contributed by atoms with Crippen LogP contribution in [0.15, 0.2) is 54.7 Å². The molecule has 1 aliphatic heterocycles. The molecule has 0 spiro atoms. The van der Waals surface area contributed by atoms with Crippen LogP contribution in [0.3, 0.4) is 0 Å². The third-order valence-electron chi connectivity index (χ3n) is 5.86. The summed E-state index contributed by atoms with van der Waals surface area (Å²) in [5.74, 6) is -0.190. The number of aryl methyl sites for hydroxylation is 1.